The summed E-state index contributed by atoms with van der Waals surface area (Å²) in [5.41, 5.74) is 0.547. The Morgan fingerprint density at radius 1 is 1.57 bits per heavy atom. The first kappa shape index (κ1) is 14.9. The number of nitrogens with one attached hydrogen (secondary N) is 1. The van der Waals surface area contributed by atoms with Crippen molar-refractivity contribution < 1.29 is 14.8 Å². The number of aromatic nitrogens is 2. The summed E-state index contributed by atoms with van der Waals surface area (Å²) in [5.74, 6) is -0.508. The molecule has 0 aromatic carbocycles. The number of carboxylic acids is 1. The van der Waals surface area contributed by atoms with Gasteiger partial charge < -0.3 is 10.4 Å². The quantitative estimate of drug-likeness (QED) is 0.619. The predicted octanol–water partition coefficient (Wildman–Crippen LogP) is 2.11. The van der Waals surface area contributed by atoms with Gasteiger partial charge in [0.15, 0.2) is 5.69 Å². The zero-order valence-electron chi connectivity index (χ0n) is 11.1. The number of anilines is 1. The molecule has 0 spiro atoms. The van der Waals surface area contributed by atoms with E-state index in [1.807, 2.05) is 0 Å². The van der Waals surface area contributed by atoms with Crippen molar-refractivity contribution in [2.75, 3.05) is 11.9 Å². The smallest absolute Gasteiger partial charge is 0.355 e. The minimum atomic E-state index is -1.04. The predicted molar refractivity (Wildman–Crippen MR) is 76.9 cm³/mol. The lowest BCUT2D eigenvalue weighted by Gasteiger charge is -2.05. The monoisotopic (exact) mass is 308 g/mol. The minimum Gasteiger partial charge on any atom is -0.476 e. The molecule has 8 nitrogen and oxygen atoms in total. The average Bonchev–Trinajstić information content (AvgIpc) is 2.87. The van der Waals surface area contributed by atoms with Crippen LogP contribution in [0.4, 0.5) is 11.5 Å². The van der Waals surface area contributed by atoms with Gasteiger partial charge in [-0.3, -0.25) is 10.1 Å². The number of carboxylic acid groups (broad SMARTS) is 1. The molecule has 0 aliphatic rings. The lowest BCUT2D eigenvalue weighted by Crippen LogP contribution is -2.07. The van der Waals surface area contributed by atoms with Gasteiger partial charge in [-0.15, -0.1) is 11.3 Å². The Balaban J connectivity index is 1.92. The standard InChI is InChI=1S/C12H12N4O4S/c1-7-4-10(14-5-9(7)16(19)20)13-3-2-11-15-8(6-21-11)12(17)18/h4-6H,2-3H2,1H3,(H,13,14)(H,17,18). The van der Waals surface area contributed by atoms with Crippen LogP contribution in [0.2, 0.25) is 0 Å². The Morgan fingerprint density at radius 3 is 2.90 bits per heavy atom. The molecule has 0 radical (unpaired) electrons. The molecule has 0 bridgehead atoms. The van der Waals surface area contributed by atoms with Crippen LogP contribution >= 0.6 is 11.3 Å². The molecule has 0 atom stereocenters. The largest absolute Gasteiger partial charge is 0.476 e. The van der Waals surface area contributed by atoms with Gasteiger partial charge in [-0.05, 0) is 13.0 Å². The van der Waals surface area contributed by atoms with Crippen LogP contribution in [0.3, 0.4) is 0 Å². The second-order valence-electron chi connectivity index (χ2n) is 4.22. The van der Waals surface area contributed by atoms with E-state index >= 15 is 0 Å². The molecule has 0 aliphatic carbocycles. The Labute approximate surface area is 123 Å². The molecule has 2 heterocycles. The number of aryl methyl sites for hydroxylation is 1. The van der Waals surface area contributed by atoms with E-state index < -0.39 is 10.9 Å². The van der Waals surface area contributed by atoms with Crippen LogP contribution in [0.5, 0.6) is 0 Å². The summed E-state index contributed by atoms with van der Waals surface area (Å²) < 4.78 is 0. The fourth-order valence-corrected chi connectivity index (χ4v) is 2.43. The maximum atomic E-state index is 10.7. The van der Waals surface area contributed by atoms with Crippen LogP contribution < -0.4 is 5.32 Å². The van der Waals surface area contributed by atoms with Gasteiger partial charge in [-0.2, -0.15) is 0 Å². The molecule has 110 valence electrons. The highest BCUT2D eigenvalue weighted by Gasteiger charge is 2.11. The summed E-state index contributed by atoms with van der Waals surface area (Å²) in [4.78, 5) is 28.8. The van der Waals surface area contributed by atoms with Crippen molar-refractivity contribution in [1.82, 2.24) is 9.97 Å². The minimum absolute atomic E-state index is 0.0217. The molecule has 0 aliphatic heterocycles. The van der Waals surface area contributed by atoms with Crippen LogP contribution in [-0.4, -0.2) is 32.5 Å². The Morgan fingerprint density at radius 2 is 2.33 bits per heavy atom. The molecule has 2 rings (SSSR count). The van der Waals surface area contributed by atoms with E-state index in [0.717, 1.165) is 0 Å². The van der Waals surface area contributed by atoms with Gasteiger partial charge in [0.25, 0.3) is 5.69 Å². The Hall–Kier alpha value is -2.55. The molecule has 0 saturated carbocycles. The SMILES string of the molecule is Cc1cc(NCCc2nc(C(=O)O)cs2)ncc1[N+](=O)[O-]. The zero-order valence-corrected chi connectivity index (χ0v) is 11.9. The Kier molecular flexibility index (Phi) is 4.43. The number of carbonyl (C=O) groups is 1. The van der Waals surface area contributed by atoms with Crippen LogP contribution in [-0.2, 0) is 6.42 Å². The first-order valence-corrected chi connectivity index (χ1v) is 6.88. The number of rotatable bonds is 6. The second-order valence-corrected chi connectivity index (χ2v) is 5.16. The van der Waals surface area contributed by atoms with E-state index in [1.165, 1.54) is 22.9 Å². The molecule has 21 heavy (non-hydrogen) atoms. The number of hydrogen-bond acceptors (Lipinski definition) is 7. The van der Waals surface area contributed by atoms with Crippen molar-refractivity contribution in [3.63, 3.8) is 0 Å². The molecule has 9 heteroatoms. The first-order valence-electron chi connectivity index (χ1n) is 6.00. The maximum absolute atomic E-state index is 10.7. The van der Waals surface area contributed by atoms with E-state index in [4.69, 9.17) is 5.11 Å². The van der Waals surface area contributed by atoms with Crippen molar-refractivity contribution in [3.8, 4) is 0 Å². The van der Waals surface area contributed by atoms with Gasteiger partial charge in [0.05, 0.1) is 9.93 Å². The molecule has 0 fully saturated rings. The summed E-state index contributed by atoms with van der Waals surface area (Å²) in [6.07, 6.45) is 1.76. The molecule has 0 amide bonds. The third-order valence-electron chi connectivity index (χ3n) is 2.70. The summed E-state index contributed by atoms with van der Waals surface area (Å²) >= 11 is 1.28. The summed E-state index contributed by atoms with van der Waals surface area (Å²) in [7, 11) is 0. The van der Waals surface area contributed by atoms with Gasteiger partial charge in [0.2, 0.25) is 0 Å². The van der Waals surface area contributed by atoms with E-state index in [9.17, 15) is 14.9 Å². The number of aromatic carboxylic acids is 1. The second kappa shape index (κ2) is 6.27. The third-order valence-corrected chi connectivity index (χ3v) is 3.60. The van der Waals surface area contributed by atoms with Crippen LogP contribution in [0, 0.1) is 17.0 Å². The summed E-state index contributed by atoms with van der Waals surface area (Å²) in [6.45, 7) is 2.15. The maximum Gasteiger partial charge on any atom is 0.355 e. The van der Waals surface area contributed by atoms with Gasteiger partial charge in [0.1, 0.15) is 12.0 Å². The highest BCUT2D eigenvalue weighted by molar-refractivity contribution is 7.09. The van der Waals surface area contributed by atoms with E-state index in [1.54, 1.807) is 13.0 Å². The van der Waals surface area contributed by atoms with E-state index in [2.05, 4.69) is 15.3 Å². The Bertz CT molecular complexity index is 686. The average molecular weight is 308 g/mol. The fourth-order valence-electron chi connectivity index (χ4n) is 1.66. The van der Waals surface area contributed by atoms with Gasteiger partial charge in [-0.1, -0.05) is 0 Å². The van der Waals surface area contributed by atoms with Gasteiger partial charge in [0, 0.05) is 23.9 Å². The lowest BCUT2D eigenvalue weighted by atomic mass is 10.2. The number of nitrogens with zero attached hydrogens (tertiary/aromatic N) is 3. The van der Waals surface area contributed by atoms with Crippen molar-refractivity contribution in [1.29, 1.82) is 0 Å². The van der Waals surface area contributed by atoms with E-state index in [-0.39, 0.29) is 11.4 Å². The summed E-state index contributed by atoms with van der Waals surface area (Å²) in [6, 6.07) is 1.60. The molecule has 0 unspecified atom stereocenters. The normalized spacial score (nSPS) is 10.3. The van der Waals surface area contributed by atoms with Crippen LogP contribution in [0.15, 0.2) is 17.6 Å². The highest BCUT2D eigenvalue weighted by Crippen LogP contribution is 2.19. The zero-order chi connectivity index (χ0) is 15.4. The van der Waals surface area contributed by atoms with Crippen LogP contribution in [0.1, 0.15) is 21.1 Å². The molecule has 2 aromatic heterocycles. The van der Waals surface area contributed by atoms with E-state index in [0.29, 0.717) is 29.4 Å². The fraction of sp³-hybridized carbons (Fsp3) is 0.250. The highest BCUT2D eigenvalue weighted by atomic mass is 32.1. The first-order chi connectivity index (χ1) is 9.97. The molecule has 2 N–H and O–H groups in total. The topological polar surface area (TPSA) is 118 Å². The third kappa shape index (κ3) is 3.72. The number of hydrogen-bond donors (Lipinski definition) is 2. The number of pyridine rings is 1. The van der Waals surface area contributed by atoms with Crippen molar-refractivity contribution >= 4 is 28.8 Å². The van der Waals surface area contributed by atoms with Crippen LogP contribution in [0.25, 0.3) is 0 Å². The lowest BCUT2D eigenvalue weighted by molar-refractivity contribution is -0.385. The van der Waals surface area contributed by atoms with Gasteiger partial charge >= 0.3 is 5.97 Å². The molecular weight excluding hydrogens is 296 g/mol. The van der Waals surface area contributed by atoms with Crippen molar-refractivity contribution in [3.05, 3.63) is 44.0 Å². The molecule has 0 saturated heterocycles. The van der Waals surface area contributed by atoms with Crippen molar-refractivity contribution in [2.24, 2.45) is 0 Å². The summed E-state index contributed by atoms with van der Waals surface area (Å²) in [5, 5.41) is 24.7. The van der Waals surface area contributed by atoms with Gasteiger partial charge in [-0.25, -0.2) is 14.8 Å². The molecule has 2 aromatic rings. The number of thiazole rings is 1. The molecular formula is C12H12N4O4S. The number of nitro groups is 1. The van der Waals surface area contributed by atoms with Crippen molar-refractivity contribution in [2.45, 2.75) is 13.3 Å².